The molecule has 6 rings (SSSR count). The average Bonchev–Trinajstić information content (AvgIpc) is 2.97. The van der Waals surface area contributed by atoms with E-state index in [1.54, 1.807) is 12.1 Å². The van der Waals surface area contributed by atoms with Crippen LogP contribution < -0.4 is 10.6 Å². The summed E-state index contributed by atoms with van der Waals surface area (Å²) < 4.78 is 13.7. The van der Waals surface area contributed by atoms with E-state index in [1.165, 1.54) is 25.0 Å². The third kappa shape index (κ3) is 7.28. The number of hydrogen-bond donors (Lipinski definition) is 3. The van der Waals surface area contributed by atoms with Gasteiger partial charge in [0.25, 0.3) is 0 Å². The van der Waals surface area contributed by atoms with Gasteiger partial charge in [0.15, 0.2) is 0 Å². The summed E-state index contributed by atoms with van der Waals surface area (Å²) >= 11 is 0. The predicted octanol–water partition coefficient (Wildman–Crippen LogP) is 4.87. The highest BCUT2D eigenvalue weighted by Gasteiger charge is 2.51. The molecule has 0 aromatic heterocycles. The summed E-state index contributed by atoms with van der Waals surface area (Å²) in [5.74, 6) is 0.709. The number of nitrogens with zero attached hydrogens (tertiary/aromatic N) is 2. The Labute approximate surface area is 258 Å². The van der Waals surface area contributed by atoms with Crippen LogP contribution in [0, 0.1) is 29.0 Å². The van der Waals surface area contributed by atoms with Crippen LogP contribution in [0.1, 0.15) is 97.5 Å². The van der Waals surface area contributed by atoms with E-state index < -0.39 is 17.2 Å². The highest BCUT2D eigenvalue weighted by molar-refractivity contribution is 5.85. The van der Waals surface area contributed by atoms with E-state index in [9.17, 15) is 19.1 Å². The van der Waals surface area contributed by atoms with Crippen LogP contribution in [-0.2, 0) is 16.0 Å². The Morgan fingerprint density at radius 3 is 2.26 bits per heavy atom. The average molecular weight is 599 g/mol. The number of benzene rings is 1. The van der Waals surface area contributed by atoms with Gasteiger partial charge in [0, 0.05) is 37.1 Å². The first kappa shape index (κ1) is 32.4. The molecule has 3 saturated heterocycles. The Kier molecular flexibility index (Phi) is 9.60. The number of piperidine rings is 3. The second-order valence-corrected chi connectivity index (χ2v) is 15.5. The van der Waals surface area contributed by atoms with Crippen molar-refractivity contribution in [1.29, 1.82) is 0 Å². The number of amides is 2. The molecule has 5 aliphatic rings. The van der Waals surface area contributed by atoms with Crippen LogP contribution in [0.4, 0.5) is 4.39 Å². The van der Waals surface area contributed by atoms with Crippen LogP contribution >= 0.6 is 0 Å². The maximum Gasteiger partial charge on any atom is 0.240 e. The molecule has 0 spiro atoms. The molecular weight excluding hydrogens is 543 g/mol. The quantitative estimate of drug-likeness (QED) is 0.372. The van der Waals surface area contributed by atoms with Gasteiger partial charge in [-0.25, -0.2) is 4.39 Å². The minimum Gasteiger partial charge on any atom is -0.376 e. The van der Waals surface area contributed by atoms with Gasteiger partial charge in [-0.05, 0) is 116 Å². The number of aliphatic hydroxyl groups is 1. The van der Waals surface area contributed by atoms with Crippen molar-refractivity contribution in [3.63, 3.8) is 0 Å². The van der Waals surface area contributed by atoms with E-state index in [1.807, 2.05) is 32.6 Å². The van der Waals surface area contributed by atoms with Crippen molar-refractivity contribution in [2.75, 3.05) is 26.7 Å². The van der Waals surface area contributed by atoms with Crippen LogP contribution in [-0.4, -0.2) is 76.8 Å². The third-order valence-electron chi connectivity index (χ3n) is 11.2. The number of carbonyl (C=O) groups is 2. The van der Waals surface area contributed by atoms with Crippen molar-refractivity contribution in [2.45, 2.75) is 122 Å². The van der Waals surface area contributed by atoms with Gasteiger partial charge < -0.3 is 20.2 Å². The fourth-order valence-corrected chi connectivity index (χ4v) is 8.89. The number of carbonyl (C=O) groups excluding carboxylic acids is 2. The van der Waals surface area contributed by atoms with Crippen molar-refractivity contribution in [3.8, 4) is 0 Å². The van der Waals surface area contributed by atoms with Crippen LogP contribution in [0.15, 0.2) is 24.3 Å². The second kappa shape index (κ2) is 12.8. The van der Waals surface area contributed by atoms with Gasteiger partial charge in [-0.2, -0.15) is 0 Å². The molecular formula is C35H55FN4O3. The van der Waals surface area contributed by atoms with Crippen molar-refractivity contribution in [1.82, 2.24) is 20.4 Å². The Hall–Kier alpha value is -2.03. The minimum absolute atomic E-state index is 0.0231. The molecule has 5 fully saturated rings. The summed E-state index contributed by atoms with van der Waals surface area (Å²) in [5, 5.41) is 18.7. The maximum atomic E-state index is 14.3. The van der Waals surface area contributed by atoms with Gasteiger partial charge in [0.2, 0.25) is 11.8 Å². The molecule has 2 aliphatic carbocycles. The van der Waals surface area contributed by atoms with Crippen molar-refractivity contribution >= 4 is 11.8 Å². The Bertz CT molecular complexity index is 1120. The second-order valence-electron chi connectivity index (χ2n) is 15.5. The van der Waals surface area contributed by atoms with E-state index in [0.29, 0.717) is 44.2 Å². The Morgan fingerprint density at radius 2 is 1.67 bits per heavy atom. The zero-order valence-corrected chi connectivity index (χ0v) is 27.1. The number of likely N-dealkylation sites (tertiary alicyclic amines) is 1. The zero-order valence-electron chi connectivity index (χ0n) is 27.1. The molecule has 1 aromatic rings. The first-order valence-corrected chi connectivity index (χ1v) is 16.8. The fourth-order valence-electron chi connectivity index (χ4n) is 8.89. The van der Waals surface area contributed by atoms with Crippen LogP contribution in [0.25, 0.3) is 0 Å². The number of halogens is 1. The molecule has 0 radical (unpaired) electrons. The monoisotopic (exact) mass is 598 g/mol. The molecule has 2 unspecified atom stereocenters. The van der Waals surface area contributed by atoms with Gasteiger partial charge in [-0.1, -0.05) is 31.4 Å². The molecule has 2 bridgehead atoms. The highest BCUT2D eigenvalue weighted by atomic mass is 19.1. The molecule has 240 valence electrons. The van der Waals surface area contributed by atoms with Crippen LogP contribution in [0.3, 0.4) is 0 Å². The standard InChI is InChI=1S/C35H55FN4O3/c1-33(2,3)38-32(42)35(26-9-7-6-8-10-26)17-19-40(20-18-35)31(41)29(22-24-11-14-27(36)15-12-24)37-34(4,43)28-21-25-13-16-30(28)39(5)23-25/h11-12,14-15,25-26,28-30,37,43H,6-10,13,16-23H2,1-5H3,(H,38,42)/t25-,28?,29-,30+,34?/m1/s1. The van der Waals surface area contributed by atoms with E-state index in [2.05, 4.69) is 22.6 Å². The fraction of sp³-hybridized carbons (Fsp3) is 0.771. The lowest BCUT2D eigenvalue weighted by Crippen LogP contribution is -2.66. The largest absolute Gasteiger partial charge is 0.376 e. The lowest BCUT2D eigenvalue weighted by atomic mass is 9.63. The zero-order chi connectivity index (χ0) is 31.0. The molecule has 2 amide bonds. The molecule has 5 atom stereocenters. The van der Waals surface area contributed by atoms with Gasteiger partial charge in [-0.3, -0.25) is 14.9 Å². The smallest absolute Gasteiger partial charge is 0.240 e. The van der Waals surface area contributed by atoms with E-state index in [4.69, 9.17) is 0 Å². The lowest BCUT2D eigenvalue weighted by Gasteiger charge is -2.53. The molecule has 7 nitrogen and oxygen atoms in total. The summed E-state index contributed by atoms with van der Waals surface area (Å²) in [6.45, 7) is 10.0. The van der Waals surface area contributed by atoms with E-state index in [-0.39, 0.29) is 35.1 Å². The lowest BCUT2D eigenvalue weighted by molar-refractivity contribution is -0.151. The molecule has 3 heterocycles. The van der Waals surface area contributed by atoms with Gasteiger partial charge in [0.1, 0.15) is 11.5 Å². The topological polar surface area (TPSA) is 84.9 Å². The van der Waals surface area contributed by atoms with Crippen LogP contribution in [0.2, 0.25) is 0 Å². The first-order chi connectivity index (χ1) is 20.3. The predicted molar refractivity (Wildman–Crippen MR) is 168 cm³/mol. The van der Waals surface area contributed by atoms with Crippen molar-refractivity contribution < 1.29 is 19.1 Å². The Balaban J connectivity index is 1.35. The SMILES string of the molecule is CN1C[C@@H]2CC[C@H]1C(C(C)(O)N[C@H](Cc1ccc(F)cc1)C(=O)N1CCC(C(=O)NC(C)(C)C)(C3CCCCC3)CC1)C2. The number of fused-ring (bicyclic) bond motifs is 3. The van der Waals surface area contributed by atoms with Gasteiger partial charge in [0.05, 0.1) is 11.5 Å². The normalized spacial score (nSPS) is 28.7. The first-order valence-electron chi connectivity index (χ1n) is 16.8. The minimum atomic E-state index is -1.23. The number of hydrogen-bond acceptors (Lipinski definition) is 5. The van der Waals surface area contributed by atoms with Crippen LogP contribution in [0.5, 0.6) is 0 Å². The summed E-state index contributed by atoms with van der Waals surface area (Å²) in [7, 11) is 2.14. The molecule has 2 saturated carbocycles. The molecule has 8 heteroatoms. The molecule has 43 heavy (non-hydrogen) atoms. The van der Waals surface area contributed by atoms with Crippen molar-refractivity contribution in [2.24, 2.45) is 23.2 Å². The summed E-state index contributed by atoms with van der Waals surface area (Å²) in [6, 6.07) is 5.93. The van der Waals surface area contributed by atoms with Gasteiger partial charge >= 0.3 is 0 Å². The molecule has 3 aliphatic heterocycles. The summed E-state index contributed by atoms with van der Waals surface area (Å²) in [4.78, 5) is 32.5. The van der Waals surface area contributed by atoms with Crippen molar-refractivity contribution in [3.05, 3.63) is 35.6 Å². The Morgan fingerprint density at radius 1 is 1.02 bits per heavy atom. The van der Waals surface area contributed by atoms with Gasteiger partial charge in [-0.15, -0.1) is 0 Å². The summed E-state index contributed by atoms with van der Waals surface area (Å²) in [6.07, 6.45) is 10.6. The number of rotatable bonds is 8. The highest BCUT2D eigenvalue weighted by Crippen LogP contribution is 2.47. The van der Waals surface area contributed by atoms with E-state index >= 15 is 0 Å². The molecule has 3 N–H and O–H groups in total. The maximum absolute atomic E-state index is 14.3. The number of nitrogens with one attached hydrogen (secondary N) is 2. The third-order valence-corrected chi connectivity index (χ3v) is 11.2. The van der Waals surface area contributed by atoms with E-state index in [0.717, 1.165) is 50.6 Å². The summed E-state index contributed by atoms with van der Waals surface area (Å²) in [5.41, 5.74) is -1.15. The molecule has 1 aromatic carbocycles.